The lowest BCUT2D eigenvalue weighted by molar-refractivity contribution is 0.912. The van der Waals surface area contributed by atoms with Crippen molar-refractivity contribution in [1.82, 2.24) is 0 Å². The molecule has 0 saturated heterocycles. The van der Waals surface area contributed by atoms with E-state index < -0.39 is 0 Å². The number of rotatable bonds is 2. The highest BCUT2D eigenvalue weighted by molar-refractivity contribution is 8.00. The van der Waals surface area contributed by atoms with Crippen LogP contribution in [-0.2, 0) is 0 Å². The van der Waals surface area contributed by atoms with Crippen LogP contribution in [0.4, 0.5) is 0 Å². The van der Waals surface area contributed by atoms with E-state index in [0.717, 1.165) is 0 Å². The number of benzene rings is 1. The van der Waals surface area contributed by atoms with E-state index in [-0.39, 0.29) is 4.75 Å². The van der Waals surface area contributed by atoms with Crippen LogP contribution in [0.3, 0.4) is 0 Å². The number of hydrogen-bond donors (Lipinski definition) is 0. The summed E-state index contributed by atoms with van der Waals surface area (Å²) in [6, 6.07) is 8.60. The standard InChI is InChI=1S/C12H15NS/c1-9-5-6-11(7-10(9)2)14-12(3,4)8-13/h5-7H,1-4H3. The molecule has 0 heterocycles. The highest BCUT2D eigenvalue weighted by Crippen LogP contribution is 2.32. The Bertz CT molecular complexity index is 374. The fourth-order valence-electron chi connectivity index (χ4n) is 1.09. The molecular weight excluding hydrogens is 190 g/mol. The maximum atomic E-state index is 8.91. The molecule has 0 spiro atoms. The molecule has 0 fully saturated rings. The molecule has 0 aromatic heterocycles. The van der Waals surface area contributed by atoms with Crippen LogP contribution in [0.1, 0.15) is 25.0 Å². The summed E-state index contributed by atoms with van der Waals surface area (Å²) in [6.45, 7) is 8.07. The Hall–Kier alpha value is -0.940. The zero-order chi connectivity index (χ0) is 10.8. The molecule has 0 bridgehead atoms. The van der Waals surface area contributed by atoms with Crippen molar-refractivity contribution in [3.8, 4) is 6.07 Å². The van der Waals surface area contributed by atoms with Gasteiger partial charge in [-0.25, -0.2) is 0 Å². The van der Waals surface area contributed by atoms with Gasteiger partial charge in [0.1, 0.15) is 4.75 Å². The number of thioether (sulfide) groups is 1. The van der Waals surface area contributed by atoms with E-state index in [1.54, 1.807) is 11.8 Å². The van der Waals surface area contributed by atoms with Gasteiger partial charge >= 0.3 is 0 Å². The van der Waals surface area contributed by atoms with Crippen molar-refractivity contribution in [2.45, 2.75) is 37.3 Å². The predicted octanol–water partition coefficient (Wildman–Crippen LogP) is 3.70. The summed E-state index contributed by atoms with van der Waals surface area (Å²) in [5, 5.41) is 8.91. The molecular formula is C12H15NS. The molecule has 0 amide bonds. The van der Waals surface area contributed by atoms with E-state index in [9.17, 15) is 0 Å². The van der Waals surface area contributed by atoms with Crippen LogP contribution in [0.15, 0.2) is 23.1 Å². The van der Waals surface area contributed by atoms with E-state index >= 15 is 0 Å². The van der Waals surface area contributed by atoms with Gasteiger partial charge in [0.15, 0.2) is 0 Å². The largest absolute Gasteiger partial charge is 0.197 e. The summed E-state index contributed by atoms with van der Waals surface area (Å²) in [4.78, 5) is 1.17. The Labute approximate surface area is 90.1 Å². The van der Waals surface area contributed by atoms with Crippen LogP contribution in [0, 0.1) is 25.2 Å². The lowest BCUT2D eigenvalue weighted by Gasteiger charge is -2.15. The van der Waals surface area contributed by atoms with Gasteiger partial charge in [0.25, 0.3) is 0 Å². The van der Waals surface area contributed by atoms with Gasteiger partial charge in [-0.05, 0) is 51.0 Å². The van der Waals surface area contributed by atoms with Crippen LogP contribution in [0.5, 0.6) is 0 Å². The van der Waals surface area contributed by atoms with Crippen molar-refractivity contribution in [1.29, 1.82) is 5.26 Å². The van der Waals surface area contributed by atoms with Crippen LogP contribution < -0.4 is 0 Å². The molecule has 0 radical (unpaired) electrons. The second-order valence-corrected chi connectivity index (χ2v) is 5.67. The lowest BCUT2D eigenvalue weighted by atomic mass is 10.1. The molecule has 0 N–H and O–H groups in total. The fraction of sp³-hybridized carbons (Fsp3) is 0.417. The molecule has 14 heavy (non-hydrogen) atoms. The monoisotopic (exact) mass is 205 g/mol. The highest BCUT2D eigenvalue weighted by Gasteiger charge is 2.18. The second kappa shape index (κ2) is 4.06. The third-order valence-electron chi connectivity index (χ3n) is 2.12. The first kappa shape index (κ1) is 11.1. The number of aryl methyl sites for hydroxylation is 2. The Morgan fingerprint density at radius 2 is 1.86 bits per heavy atom. The van der Waals surface area contributed by atoms with Crippen LogP contribution in [0.2, 0.25) is 0 Å². The minimum absolute atomic E-state index is 0.346. The summed E-state index contributed by atoms with van der Waals surface area (Å²) >= 11 is 1.61. The normalized spacial score (nSPS) is 11.1. The average molecular weight is 205 g/mol. The third-order valence-corrected chi connectivity index (χ3v) is 3.21. The van der Waals surface area contributed by atoms with Crippen molar-refractivity contribution in [3.05, 3.63) is 29.3 Å². The van der Waals surface area contributed by atoms with Gasteiger partial charge in [-0.15, -0.1) is 11.8 Å². The average Bonchev–Trinajstić information content (AvgIpc) is 2.11. The summed E-state index contributed by atoms with van der Waals surface area (Å²) in [7, 11) is 0. The van der Waals surface area contributed by atoms with Crippen molar-refractivity contribution in [2.75, 3.05) is 0 Å². The minimum atomic E-state index is -0.346. The molecule has 2 heteroatoms. The van der Waals surface area contributed by atoms with E-state index in [1.165, 1.54) is 16.0 Å². The van der Waals surface area contributed by atoms with E-state index in [2.05, 4.69) is 38.1 Å². The predicted molar refractivity (Wildman–Crippen MR) is 61.5 cm³/mol. The molecule has 0 unspecified atom stereocenters. The minimum Gasteiger partial charge on any atom is -0.197 e. The van der Waals surface area contributed by atoms with E-state index in [4.69, 9.17) is 5.26 Å². The first-order valence-electron chi connectivity index (χ1n) is 4.62. The van der Waals surface area contributed by atoms with Gasteiger partial charge in [0.05, 0.1) is 6.07 Å². The first-order valence-corrected chi connectivity index (χ1v) is 5.44. The maximum Gasteiger partial charge on any atom is 0.101 e. The molecule has 1 aromatic rings. The maximum absolute atomic E-state index is 8.91. The van der Waals surface area contributed by atoms with Gasteiger partial charge in [-0.1, -0.05) is 6.07 Å². The highest BCUT2D eigenvalue weighted by atomic mass is 32.2. The van der Waals surface area contributed by atoms with Gasteiger partial charge in [0.2, 0.25) is 0 Å². The Morgan fingerprint density at radius 3 is 2.36 bits per heavy atom. The van der Waals surface area contributed by atoms with Crippen LogP contribution in [-0.4, -0.2) is 4.75 Å². The van der Waals surface area contributed by atoms with Gasteiger partial charge in [0, 0.05) is 4.90 Å². The molecule has 0 aliphatic heterocycles. The smallest absolute Gasteiger partial charge is 0.101 e. The summed E-state index contributed by atoms with van der Waals surface area (Å²) in [5.41, 5.74) is 2.58. The Balaban J connectivity index is 2.90. The fourth-order valence-corrected chi connectivity index (χ4v) is 2.10. The molecule has 1 nitrogen and oxygen atoms in total. The molecule has 74 valence electrons. The summed E-state index contributed by atoms with van der Waals surface area (Å²) < 4.78 is -0.346. The van der Waals surface area contributed by atoms with Crippen molar-refractivity contribution >= 4 is 11.8 Å². The van der Waals surface area contributed by atoms with Gasteiger partial charge < -0.3 is 0 Å². The molecule has 0 saturated carbocycles. The number of nitriles is 1. The Morgan fingerprint density at radius 1 is 1.21 bits per heavy atom. The van der Waals surface area contributed by atoms with Crippen LogP contribution >= 0.6 is 11.8 Å². The van der Waals surface area contributed by atoms with Crippen molar-refractivity contribution < 1.29 is 0 Å². The SMILES string of the molecule is Cc1ccc(SC(C)(C)C#N)cc1C. The Kier molecular flexibility index (Phi) is 3.23. The lowest BCUT2D eigenvalue weighted by Crippen LogP contribution is -2.09. The second-order valence-electron chi connectivity index (χ2n) is 3.97. The van der Waals surface area contributed by atoms with Gasteiger partial charge in [-0.3, -0.25) is 0 Å². The topological polar surface area (TPSA) is 23.8 Å². The quantitative estimate of drug-likeness (QED) is 0.687. The zero-order valence-electron chi connectivity index (χ0n) is 9.09. The molecule has 1 aromatic carbocycles. The van der Waals surface area contributed by atoms with Gasteiger partial charge in [-0.2, -0.15) is 5.26 Å². The number of hydrogen-bond acceptors (Lipinski definition) is 2. The third kappa shape index (κ3) is 2.78. The van der Waals surface area contributed by atoms with E-state index in [0.29, 0.717) is 0 Å². The molecule has 0 atom stereocenters. The number of nitrogens with zero attached hydrogens (tertiary/aromatic N) is 1. The molecule has 0 aliphatic rings. The molecule has 0 aliphatic carbocycles. The summed E-state index contributed by atoms with van der Waals surface area (Å²) in [6.07, 6.45) is 0. The van der Waals surface area contributed by atoms with Crippen LogP contribution in [0.25, 0.3) is 0 Å². The molecule has 1 rings (SSSR count). The van der Waals surface area contributed by atoms with Crippen molar-refractivity contribution in [2.24, 2.45) is 0 Å². The summed E-state index contributed by atoms with van der Waals surface area (Å²) in [5.74, 6) is 0. The first-order chi connectivity index (χ1) is 6.44. The van der Waals surface area contributed by atoms with E-state index in [1.807, 2.05) is 13.8 Å². The van der Waals surface area contributed by atoms with Crippen molar-refractivity contribution in [3.63, 3.8) is 0 Å². The zero-order valence-corrected chi connectivity index (χ0v) is 9.90.